The number of nitrogens with zero attached hydrogens (tertiary/aromatic N) is 4. The number of aromatic nitrogens is 2. The standard InChI is InChI=1S/C17H22N4/c1-15(17-7-3-5-9-19-17)21-12-10-20(11-13-21)14-16-6-2-4-8-18-16/h2-9,15H,10-14H2,1H3/t15-/m0/s1. The van der Waals surface area contributed by atoms with Crippen molar-refractivity contribution in [3.63, 3.8) is 0 Å². The monoisotopic (exact) mass is 282 g/mol. The zero-order chi connectivity index (χ0) is 14.5. The Kier molecular flexibility index (Phi) is 4.58. The topological polar surface area (TPSA) is 32.3 Å². The van der Waals surface area contributed by atoms with Crippen LogP contribution in [0.5, 0.6) is 0 Å². The van der Waals surface area contributed by atoms with Gasteiger partial charge in [-0.25, -0.2) is 0 Å². The van der Waals surface area contributed by atoms with Crippen molar-refractivity contribution in [1.29, 1.82) is 0 Å². The van der Waals surface area contributed by atoms with Gasteiger partial charge in [-0.15, -0.1) is 0 Å². The predicted molar refractivity (Wildman–Crippen MR) is 83.7 cm³/mol. The van der Waals surface area contributed by atoms with Gasteiger partial charge in [0.2, 0.25) is 0 Å². The summed E-state index contributed by atoms with van der Waals surface area (Å²) in [4.78, 5) is 13.9. The molecule has 2 aromatic heterocycles. The van der Waals surface area contributed by atoms with Gasteiger partial charge in [0.25, 0.3) is 0 Å². The molecule has 1 aliphatic rings. The van der Waals surface area contributed by atoms with E-state index in [0.717, 1.165) is 44.1 Å². The van der Waals surface area contributed by atoms with E-state index in [2.05, 4.69) is 51.0 Å². The van der Waals surface area contributed by atoms with Gasteiger partial charge >= 0.3 is 0 Å². The number of piperazine rings is 1. The molecule has 4 nitrogen and oxygen atoms in total. The van der Waals surface area contributed by atoms with E-state index >= 15 is 0 Å². The lowest BCUT2D eigenvalue weighted by atomic mass is 10.1. The van der Waals surface area contributed by atoms with Gasteiger partial charge in [-0.3, -0.25) is 19.8 Å². The Morgan fingerprint density at radius 2 is 1.67 bits per heavy atom. The Bertz CT molecular complexity index is 535. The van der Waals surface area contributed by atoms with Crippen LogP contribution in [0.2, 0.25) is 0 Å². The third kappa shape index (κ3) is 3.65. The van der Waals surface area contributed by atoms with Crippen LogP contribution in [0.4, 0.5) is 0 Å². The number of hydrogen-bond acceptors (Lipinski definition) is 4. The van der Waals surface area contributed by atoms with E-state index in [9.17, 15) is 0 Å². The summed E-state index contributed by atoms with van der Waals surface area (Å²) in [5.74, 6) is 0. The van der Waals surface area contributed by atoms with Crippen molar-refractivity contribution in [2.24, 2.45) is 0 Å². The van der Waals surface area contributed by atoms with E-state index in [-0.39, 0.29) is 0 Å². The molecular formula is C17H22N4. The van der Waals surface area contributed by atoms with Crippen LogP contribution in [0.25, 0.3) is 0 Å². The van der Waals surface area contributed by atoms with Crippen molar-refractivity contribution in [3.8, 4) is 0 Å². The van der Waals surface area contributed by atoms with Crippen molar-refractivity contribution in [1.82, 2.24) is 19.8 Å². The van der Waals surface area contributed by atoms with Gasteiger partial charge in [-0.05, 0) is 31.2 Å². The van der Waals surface area contributed by atoms with Crippen molar-refractivity contribution in [2.45, 2.75) is 19.5 Å². The Balaban J connectivity index is 1.53. The normalized spacial score (nSPS) is 18.5. The molecule has 21 heavy (non-hydrogen) atoms. The maximum absolute atomic E-state index is 4.48. The number of hydrogen-bond donors (Lipinski definition) is 0. The molecule has 0 bridgehead atoms. The third-order valence-electron chi connectivity index (χ3n) is 4.18. The molecule has 0 aromatic carbocycles. The summed E-state index contributed by atoms with van der Waals surface area (Å²) in [5.41, 5.74) is 2.32. The molecule has 2 aromatic rings. The zero-order valence-corrected chi connectivity index (χ0v) is 12.5. The van der Waals surface area contributed by atoms with Gasteiger partial charge in [0.15, 0.2) is 0 Å². The van der Waals surface area contributed by atoms with Crippen LogP contribution in [0, 0.1) is 0 Å². The molecule has 0 spiro atoms. The summed E-state index contributed by atoms with van der Waals surface area (Å²) >= 11 is 0. The highest BCUT2D eigenvalue weighted by molar-refractivity contribution is 5.08. The molecule has 1 atom stereocenters. The predicted octanol–water partition coefficient (Wildman–Crippen LogP) is 2.36. The number of pyridine rings is 2. The van der Waals surface area contributed by atoms with Crippen LogP contribution < -0.4 is 0 Å². The van der Waals surface area contributed by atoms with Gasteiger partial charge in [-0.2, -0.15) is 0 Å². The lowest BCUT2D eigenvalue weighted by Gasteiger charge is -2.37. The lowest BCUT2D eigenvalue weighted by molar-refractivity contribution is 0.0956. The Hall–Kier alpha value is -1.78. The molecule has 4 heteroatoms. The fourth-order valence-electron chi connectivity index (χ4n) is 2.84. The second-order valence-corrected chi connectivity index (χ2v) is 5.56. The van der Waals surface area contributed by atoms with Gasteiger partial charge in [-0.1, -0.05) is 12.1 Å². The van der Waals surface area contributed by atoms with E-state index in [1.165, 1.54) is 0 Å². The highest BCUT2D eigenvalue weighted by Crippen LogP contribution is 2.19. The van der Waals surface area contributed by atoms with Gasteiger partial charge < -0.3 is 0 Å². The van der Waals surface area contributed by atoms with Crippen LogP contribution in [0.1, 0.15) is 24.4 Å². The summed E-state index contributed by atoms with van der Waals surface area (Å²) in [7, 11) is 0. The Morgan fingerprint density at radius 1 is 0.952 bits per heavy atom. The fraction of sp³-hybridized carbons (Fsp3) is 0.412. The summed E-state index contributed by atoms with van der Waals surface area (Å²) in [5, 5.41) is 0. The molecular weight excluding hydrogens is 260 g/mol. The molecule has 110 valence electrons. The van der Waals surface area contributed by atoms with Crippen LogP contribution in [0.3, 0.4) is 0 Å². The first-order chi connectivity index (χ1) is 10.3. The molecule has 3 rings (SSSR count). The van der Waals surface area contributed by atoms with E-state index in [4.69, 9.17) is 0 Å². The maximum atomic E-state index is 4.48. The van der Waals surface area contributed by atoms with Crippen molar-refractivity contribution >= 4 is 0 Å². The van der Waals surface area contributed by atoms with E-state index in [1.54, 1.807) is 0 Å². The molecule has 0 N–H and O–H groups in total. The average molecular weight is 282 g/mol. The van der Waals surface area contributed by atoms with Crippen LogP contribution >= 0.6 is 0 Å². The summed E-state index contributed by atoms with van der Waals surface area (Å²) < 4.78 is 0. The second-order valence-electron chi connectivity index (χ2n) is 5.56. The minimum absolute atomic E-state index is 0.392. The quantitative estimate of drug-likeness (QED) is 0.861. The van der Waals surface area contributed by atoms with Crippen molar-refractivity contribution < 1.29 is 0 Å². The Labute approximate surface area is 126 Å². The van der Waals surface area contributed by atoms with Crippen LogP contribution in [0.15, 0.2) is 48.8 Å². The minimum Gasteiger partial charge on any atom is -0.295 e. The first-order valence-electron chi connectivity index (χ1n) is 7.60. The fourth-order valence-corrected chi connectivity index (χ4v) is 2.84. The summed E-state index contributed by atoms with van der Waals surface area (Å²) in [6, 6.07) is 12.7. The van der Waals surface area contributed by atoms with Crippen molar-refractivity contribution in [2.75, 3.05) is 26.2 Å². The second kappa shape index (κ2) is 6.78. The van der Waals surface area contributed by atoms with Crippen LogP contribution in [-0.4, -0.2) is 45.9 Å². The molecule has 1 saturated heterocycles. The minimum atomic E-state index is 0.392. The van der Waals surface area contributed by atoms with E-state index < -0.39 is 0 Å². The molecule has 1 fully saturated rings. The Morgan fingerprint density at radius 3 is 2.29 bits per heavy atom. The molecule has 3 heterocycles. The molecule has 0 aliphatic carbocycles. The summed E-state index contributed by atoms with van der Waals surface area (Å²) in [6.45, 7) is 7.56. The number of rotatable bonds is 4. The smallest absolute Gasteiger partial charge is 0.0572 e. The maximum Gasteiger partial charge on any atom is 0.0572 e. The largest absolute Gasteiger partial charge is 0.295 e. The highest BCUT2D eigenvalue weighted by atomic mass is 15.3. The van der Waals surface area contributed by atoms with Gasteiger partial charge in [0, 0.05) is 51.2 Å². The highest BCUT2D eigenvalue weighted by Gasteiger charge is 2.22. The van der Waals surface area contributed by atoms with Crippen molar-refractivity contribution in [3.05, 3.63) is 60.2 Å². The molecule has 0 saturated carbocycles. The third-order valence-corrected chi connectivity index (χ3v) is 4.18. The molecule has 0 unspecified atom stereocenters. The van der Waals surface area contributed by atoms with E-state index in [1.807, 2.05) is 24.5 Å². The molecule has 0 radical (unpaired) electrons. The molecule has 1 aliphatic heterocycles. The first kappa shape index (κ1) is 14.2. The lowest BCUT2D eigenvalue weighted by Crippen LogP contribution is -2.46. The first-order valence-corrected chi connectivity index (χ1v) is 7.60. The zero-order valence-electron chi connectivity index (χ0n) is 12.5. The SMILES string of the molecule is C[C@@H](c1ccccn1)N1CCN(Cc2ccccn2)CC1. The average Bonchev–Trinajstić information content (AvgIpc) is 2.57. The van der Waals surface area contributed by atoms with E-state index in [0.29, 0.717) is 6.04 Å². The summed E-state index contributed by atoms with van der Waals surface area (Å²) in [6.07, 6.45) is 3.75. The van der Waals surface area contributed by atoms with Crippen LogP contribution in [-0.2, 0) is 6.54 Å². The molecule has 0 amide bonds. The van der Waals surface area contributed by atoms with Gasteiger partial charge in [0.1, 0.15) is 0 Å². The van der Waals surface area contributed by atoms with Gasteiger partial charge in [0.05, 0.1) is 11.4 Å².